The SMILES string of the molecule is CCN(CC(=O)NN1C(=O)NC(C)(CCc2ccccc2)C1=O)CC(=O)NC(C)(C)C. The maximum Gasteiger partial charge on any atom is 0.344 e. The number of nitrogens with zero attached hydrogens (tertiary/aromatic N) is 2. The molecule has 2 rings (SSSR count). The lowest BCUT2D eigenvalue weighted by molar-refractivity contribution is -0.139. The predicted molar refractivity (Wildman–Crippen MR) is 117 cm³/mol. The van der Waals surface area contributed by atoms with Crippen molar-refractivity contribution in [3.63, 3.8) is 0 Å². The van der Waals surface area contributed by atoms with Gasteiger partial charge < -0.3 is 10.6 Å². The van der Waals surface area contributed by atoms with E-state index in [1.165, 1.54) is 0 Å². The average molecular weight is 432 g/mol. The standard InChI is InChI=1S/C22H33N5O4/c1-6-26(14-17(28)23-21(2,3)4)15-18(29)25-27-19(30)22(5,24-20(27)31)13-12-16-10-8-7-9-11-16/h7-11H,6,12-15H2,1-5H3,(H,23,28)(H,24,31)(H,25,29). The first-order valence-electron chi connectivity index (χ1n) is 10.5. The molecule has 3 N–H and O–H groups in total. The Hall–Kier alpha value is -2.94. The van der Waals surface area contributed by atoms with Gasteiger partial charge in [0.05, 0.1) is 13.1 Å². The summed E-state index contributed by atoms with van der Waals surface area (Å²) in [5.74, 6) is -1.25. The maximum atomic E-state index is 12.8. The van der Waals surface area contributed by atoms with Crippen molar-refractivity contribution in [3.05, 3.63) is 35.9 Å². The number of rotatable bonds is 9. The Morgan fingerprint density at radius 1 is 1.10 bits per heavy atom. The summed E-state index contributed by atoms with van der Waals surface area (Å²) in [4.78, 5) is 51.4. The van der Waals surface area contributed by atoms with Crippen LogP contribution in [0.4, 0.5) is 4.79 Å². The quantitative estimate of drug-likeness (QED) is 0.509. The van der Waals surface area contributed by atoms with Crippen molar-refractivity contribution in [1.29, 1.82) is 0 Å². The van der Waals surface area contributed by atoms with E-state index in [0.29, 0.717) is 19.4 Å². The summed E-state index contributed by atoms with van der Waals surface area (Å²) in [6.45, 7) is 9.48. The van der Waals surface area contributed by atoms with Gasteiger partial charge in [-0.3, -0.25) is 24.7 Å². The number of aryl methyl sites for hydroxylation is 1. The molecule has 1 heterocycles. The zero-order chi connectivity index (χ0) is 23.2. The first kappa shape index (κ1) is 24.3. The van der Waals surface area contributed by atoms with Gasteiger partial charge >= 0.3 is 6.03 Å². The number of carbonyl (C=O) groups is 4. The summed E-state index contributed by atoms with van der Waals surface area (Å²) in [7, 11) is 0. The van der Waals surface area contributed by atoms with Crippen LogP contribution < -0.4 is 16.1 Å². The van der Waals surface area contributed by atoms with E-state index in [1.807, 2.05) is 58.0 Å². The molecule has 9 heteroatoms. The average Bonchev–Trinajstić information content (AvgIpc) is 2.88. The topological polar surface area (TPSA) is 111 Å². The molecule has 1 saturated heterocycles. The Kier molecular flexibility index (Phi) is 7.78. The second kappa shape index (κ2) is 9.91. The minimum absolute atomic E-state index is 0.0378. The van der Waals surface area contributed by atoms with E-state index in [2.05, 4.69) is 16.1 Å². The molecule has 9 nitrogen and oxygen atoms in total. The summed E-state index contributed by atoms with van der Waals surface area (Å²) in [5, 5.41) is 6.25. The highest BCUT2D eigenvalue weighted by Gasteiger charge is 2.48. The minimum atomic E-state index is -1.10. The number of nitrogens with one attached hydrogen (secondary N) is 3. The molecule has 0 bridgehead atoms. The van der Waals surface area contributed by atoms with Crippen LogP contribution in [0.25, 0.3) is 0 Å². The second-order valence-electron chi connectivity index (χ2n) is 9.02. The predicted octanol–water partition coefficient (Wildman–Crippen LogP) is 1.20. The molecule has 0 radical (unpaired) electrons. The van der Waals surface area contributed by atoms with E-state index in [-0.39, 0.29) is 24.5 Å². The Bertz CT molecular complexity index is 821. The molecule has 1 aromatic rings. The Labute approximate surface area is 183 Å². The van der Waals surface area contributed by atoms with Crippen LogP contribution in [0.15, 0.2) is 30.3 Å². The number of hydrogen-bond acceptors (Lipinski definition) is 5. The number of urea groups is 1. The molecule has 1 aromatic carbocycles. The lowest BCUT2D eigenvalue weighted by Crippen LogP contribution is -2.52. The molecule has 1 fully saturated rings. The van der Waals surface area contributed by atoms with Gasteiger partial charge in [0.25, 0.3) is 11.8 Å². The monoisotopic (exact) mass is 431 g/mol. The Morgan fingerprint density at radius 3 is 2.29 bits per heavy atom. The van der Waals surface area contributed by atoms with E-state index >= 15 is 0 Å². The molecule has 1 aliphatic rings. The van der Waals surface area contributed by atoms with Gasteiger partial charge in [-0.05, 0) is 52.6 Å². The molecule has 1 atom stereocenters. The van der Waals surface area contributed by atoms with Gasteiger partial charge in [-0.15, -0.1) is 0 Å². The summed E-state index contributed by atoms with van der Waals surface area (Å²) in [6.07, 6.45) is 1.01. The van der Waals surface area contributed by atoms with Gasteiger partial charge in [-0.25, -0.2) is 4.79 Å². The van der Waals surface area contributed by atoms with E-state index in [1.54, 1.807) is 11.8 Å². The van der Waals surface area contributed by atoms with Crippen molar-refractivity contribution in [2.45, 2.75) is 58.5 Å². The molecule has 5 amide bonds. The van der Waals surface area contributed by atoms with Crippen molar-refractivity contribution in [2.75, 3.05) is 19.6 Å². The van der Waals surface area contributed by atoms with E-state index < -0.39 is 23.4 Å². The second-order valence-corrected chi connectivity index (χ2v) is 9.02. The lowest BCUT2D eigenvalue weighted by Gasteiger charge is -2.25. The van der Waals surface area contributed by atoms with Crippen LogP contribution in [0, 0.1) is 0 Å². The summed E-state index contributed by atoms with van der Waals surface area (Å²) < 4.78 is 0. The van der Waals surface area contributed by atoms with Crippen molar-refractivity contribution in [1.82, 2.24) is 26.0 Å². The Balaban J connectivity index is 1.92. The fourth-order valence-corrected chi connectivity index (χ4v) is 3.30. The normalized spacial score (nSPS) is 18.8. The number of hydrazine groups is 1. The third-order valence-electron chi connectivity index (χ3n) is 4.95. The number of imide groups is 1. The first-order valence-corrected chi connectivity index (χ1v) is 10.5. The van der Waals surface area contributed by atoms with Gasteiger partial charge in [0.15, 0.2) is 0 Å². The zero-order valence-corrected chi connectivity index (χ0v) is 18.9. The van der Waals surface area contributed by atoms with Gasteiger partial charge in [-0.1, -0.05) is 37.3 Å². The van der Waals surface area contributed by atoms with Crippen LogP contribution in [0.2, 0.25) is 0 Å². The van der Waals surface area contributed by atoms with Gasteiger partial charge in [0, 0.05) is 5.54 Å². The number of carbonyl (C=O) groups excluding carboxylic acids is 4. The molecule has 0 saturated carbocycles. The van der Waals surface area contributed by atoms with Crippen molar-refractivity contribution < 1.29 is 19.2 Å². The number of hydrogen-bond donors (Lipinski definition) is 3. The largest absolute Gasteiger partial charge is 0.350 e. The molecule has 0 aliphatic carbocycles. The molecule has 1 aliphatic heterocycles. The number of amides is 5. The molecular weight excluding hydrogens is 398 g/mol. The molecule has 0 spiro atoms. The maximum absolute atomic E-state index is 12.8. The van der Waals surface area contributed by atoms with Crippen molar-refractivity contribution in [3.8, 4) is 0 Å². The highest BCUT2D eigenvalue weighted by molar-refractivity contribution is 6.07. The van der Waals surface area contributed by atoms with E-state index in [4.69, 9.17) is 0 Å². The van der Waals surface area contributed by atoms with Gasteiger partial charge in [-0.2, -0.15) is 5.01 Å². The van der Waals surface area contributed by atoms with Crippen LogP contribution in [-0.2, 0) is 20.8 Å². The summed E-state index contributed by atoms with van der Waals surface area (Å²) in [6, 6.07) is 9.00. The van der Waals surface area contributed by atoms with Crippen LogP contribution in [0.5, 0.6) is 0 Å². The van der Waals surface area contributed by atoms with Crippen LogP contribution in [0.1, 0.15) is 46.6 Å². The van der Waals surface area contributed by atoms with E-state index in [0.717, 1.165) is 10.6 Å². The fraction of sp³-hybridized carbons (Fsp3) is 0.545. The van der Waals surface area contributed by atoms with Crippen LogP contribution >= 0.6 is 0 Å². The minimum Gasteiger partial charge on any atom is -0.350 e. The summed E-state index contributed by atoms with van der Waals surface area (Å²) >= 11 is 0. The molecule has 170 valence electrons. The van der Waals surface area contributed by atoms with Crippen molar-refractivity contribution in [2.24, 2.45) is 0 Å². The third-order valence-corrected chi connectivity index (χ3v) is 4.95. The number of benzene rings is 1. The highest BCUT2D eigenvalue weighted by atomic mass is 16.2. The number of likely N-dealkylation sites (N-methyl/N-ethyl adjacent to an activating group) is 1. The lowest BCUT2D eigenvalue weighted by atomic mass is 9.93. The van der Waals surface area contributed by atoms with E-state index in [9.17, 15) is 19.2 Å². The highest BCUT2D eigenvalue weighted by Crippen LogP contribution is 2.22. The zero-order valence-electron chi connectivity index (χ0n) is 18.9. The van der Waals surface area contributed by atoms with Crippen LogP contribution in [0.3, 0.4) is 0 Å². The van der Waals surface area contributed by atoms with Gasteiger partial charge in [0.2, 0.25) is 5.91 Å². The smallest absolute Gasteiger partial charge is 0.344 e. The summed E-state index contributed by atoms with van der Waals surface area (Å²) in [5.41, 5.74) is 1.96. The fourth-order valence-electron chi connectivity index (χ4n) is 3.30. The van der Waals surface area contributed by atoms with Crippen LogP contribution in [-0.4, -0.2) is 64.4 Å². The Morgan fingerprint density at radius 2 is 1.71 bits per heavy atom. The third kappa shape index (κ3) is 7.06. The first-order chi connectivity index (χ1) is 14.4. The molecule has 1 unspecified atom stereocenters. The van der Waals surface area contributed by atoms with Gasteiger partial charge in [0.1, 0.15) is 5.54 Å². The molecule has 0 aromatic heterocycles. The van der Waals surface area contributed by atoms with Crippen molar-refractivity contribution >= 4 is 23.8 Å². The molecule has 31 heavy (non-hydrogen) atoms. The molecular formula is C22H33N5O4.